The van der Waals surface area contributed by atoms with Crippen molar-refractivity contribution >= 4 is 30.3 Å². The molecular formula is C16H16N4O5S. The lowest BCUT2D eigenvalue weighted by Crippen LogP contribution is -2.21. The summed E-state index contributed by atoms with van der Waals surface area (Å²) in [4.78, 5) is 39.3. The highest BCUT2D eigenvalue weighted by atomic mass is 32.1. The molecule has 136 valence electrons. The molecule has 2 rings (SSSR count). The lowest BCUT2D eigenvalue weighted by Gasteiger charge is -2.08. The average molecular weight is 376 g/mol. The van der Waals surface area contributed by atoms with E-state index in [0.717, 1.165) is 0 Å². The van der Waals surface area contributed by atoms with Crippen LogP contribution in [0, 0.1) is 4.77 Å². The molecule has 0 bridgehead atoms. The second kappa shape index (κ2) is 8.72. The molecule has 1 amide bonds. The van der Waals surface area contributed by atoms with Crippen molar-refractivity contribution in [2.45, 2.75) is 13.3 Å². The first kappa shape index (κ1) is 19.1. The maximum Gasteiger partial charge on any atom is 0.308 e. The molecule has 2 aromatic rings. The zero-order chi connectivity index (χ0) is 19.1. The molecule has 0 spiro atoms. The quantitative estimate of drug-likeness (QED) is 0.228. The third kappa shape index (κ3) is 5.67. The van der Waals surface area contributed by atoms with Crippen molar-refractivity contribution in [3.8, 4) is 11.5 Å². The molecular weight excluding hydrogens is 360 g/mol. The van der Waals surface area contributed by atoms with E-state index in [0.29, 0.717) is 17.0 Å². The topological polar surface area (TPSA) is 126 Å². The normalized spacial score (nSPS) is 10.5. The molecule has 0 aliphatic heterocycles. The Morgan fingerprint density at radius 3 is 2.69 bits per heavy atom. The van der Waals surface area contributed by atoms with Crippen LogP contribution in [0.5, 0.6) is 11.5 Å². The summed E-state index contributed by atoms with van der Waals surface area (Å²) >= 11 is 4.84. The Morgan fingerprint density at radius 2 is 2.04 bits per heavy atom. The molecule has 0 saturated heterocycles. The molecule has 0 saturated carbocycles. The molecule has 0 atom stereocenters. The zero-order valence-corrected chi connectivity index (χ0v) is 14.8. The van der Waals surface area contributed by atoms with Crippen molar-refractivity contribution in [3.05, 3.63) is 50.6 Å². The maximum atomic E-state index is 11.9. The summed E-state index contributed by atoms with van der Waals surface area (Å²) in [7, 11) is 1.44. The number of aromatic amines is 2. The molecule has 10 heteroatoms. The Morgan fingerprint density at radius 1 is 1.27 bits per heavy atom. The van der Waals surface area contributed by atoms with Gasteiger partial charge >= 0.3 is 5.97 Å². The minimum absolute atomic E-state index is 0.0837. The fourth-order valence-corrected chi connectivity index (χ4v) is 2.24. The minimum atomic E-state index is -0.462. The van der Waals surface area contributed by atoms with Gasteiger partial charge in [-0.15, -0.1) is 0 Å². The standard InChI is InChI=1S/C16H16N4O5S/c1-9(21)25-12-4-3-10(5-13(12)24-2)8-17-20-15(23)7-11-6-14(22)19-16(26)18-11/h3-6,8H,7H2,1-2H3,(H,20,23)(H2,18,19,22,26)/b17-8-. The highest BCUT2D eigenvalue weighted by Crippen LogP contribution is 2.27. The lowest BCUT2D eigenvalue weighted by molar-refractivity contribution is -0.132. The van der Waals surface area contributed by atoms with Gasteiger partial charge in [-0.05, 0) is 36.0 Å². The van der Waals surface area contributed by atoms with Crippen LogP contribution in [0.4, 0.5) is 0 Å². The van der Waals surface area contributed by atoms with E-state index in [1.807, 2.05) is 0 Å². The summed E-state index contributed by atoms with van der Waals surface area (Å²) in [5.41, 5.74) is 2.95. The number of carbonyl (C=O) groups is 2. The van der Waals surface area contributed by atoms with Gasteiger partial charge in [-0.2, -0.15) is 5.10 Å². The molecule has 1 aromatic heterocycles. The van der Waals surface area contributed by atoms with Gasteiger partial charge in [-0.3, -0.25) is 19.4 Å². The van der Waals surface area contributed by atoms with Gasteiger partial charge in [0, 0.05) is 18.7 Å². The Bertz CT molecular complexity index is 935. The van der Waals surface area contributed by atoms with E-state index in [1.165, 1.54) is 26.3 Å². The molecule has 0 unspecified atom stereocenters. The number of ether oxygens (including phenoxy) is 2. The molecule has 0 aliphatic carbocycles. The SMILES string of the molecule is COc1cc(/C=N\NC(=O)Cc2cc(=O)[nH]c(=S)[nH]2)ccc1OC(C)=O. The van der Waals surface area contributed by atoms with Crippen LogP contribution < -0.4 is 20.5 Å². The number of carbonyl (C=O) groups excluding carboxylic acids is 2. The highest BCUT2D eigenvalue weighted by molar-refractivity contribution is 7.71. The highest BCUT2D eigenvalue weighted by Gasteiger charge is 2.07. The third-order valence-electron chi connectivity index (χ3n) is 3.01. The van der Waals surface area contributed by atoms with Gasteiger partial charge in [0.05, 0.1) is 19.7 Å². The van der Waals surface area contributed by atoms with Crippen molar-refractivity contribution in [1.29, 1.82) is 0 Å². The number of esters is 1. The average Bonchev–Trinajstić information content (AvgIpc) is 2.54. The van der Waals surface area contributed by atoms with Crippen molar-refractivity contribution in [3.63, 3.8) is 0 Å². The minimum Gasteiger partial charge on any atom is -0.493 e. The predicted octanol–water partition coefficient (Wildman–Crippen LogP) is 1.06. The number of hydrogen-bond acceptors (Lipinski definition) is 7. The predicted molar refractivity (Wildman–Crippen MR) is 96.0 cm³/mol. The van der Waals surface area contributed by atoms with Gasteiger partial charge in [-0.25, -0.2) is 5.43 Å². The molecule has 26 heavy (non-hydrogen) atoms. The first-order valence-corrected chi connectivity index (χ1v) is 7.79. The number of H-pyrrole nitrogens is 2. The van der Waals surface area contributed by atoms with Crippen LogP contribution >= 0.6 is 12.2 Å². The molecule has 1 heterocycles. The Labute approximate surface area is 153 Å². The first-order valence-electron chi connectivity index (χ1n) is 7.38. The van der Waals surface area contributed by atoms with E-state index < -0.39 is 11.9 Å². The fraction of sp³-hybridized carbons (Fsp3) is 0.188. The number of hydrogen-bond donors (Lipinski definition) is 3. The second-order valence-electron chi connectivity index (χ2n) is 5.09. The molecule has 0 aliphatic rings. The molecule has 1 aromatic carbocycles. The molecule has 3 N–H and O–H groups in total. The van der Waals surface area contributed by atoms with E-state index in [9.17, 15) is 14.4 Å². The molecule has 0 radical (unpaired) electrons. The number of hydrazone groups is 1. The van der Waals surface area contributed by atoms with Gasteiger partial charge in [0.1, 0.15) is 0 Å². The lowest BCUT2D eigenvalue weighted by atomic mass is 10.2. The van der Waals surface area contributed by atoms with Crippen LogP contribution in [0.25, 0.3) is 0 Å². The monoisotopic (exact) mass is 376 g/mol. The summed E-state index contributed by atoms with van der Waals surface area (Å²) in [5.74, 6) is -0.255. The zero-order valence-electron chi connectivity index (χ0n) is 14.0. The van der Waals surface area contributed by atoms with Crippen LogP contribution in [-0.2, 0) is 16.0 Å². The van der Waals surface area contributed by atoms with Gasteiger partial charge in [0.2, 0.25) is 5.91 Å². The number of methoxy groups -OCH3 is 1. The van der Waals surface area contributed by atoms with Crippen molar-refractivity contribution in [1.82, 2.24) is 15.4 Å². The summed E-state index contributed by atoms with van der Waals surface area (Å²) < 4.78 is 10.3. The fourth-order valence-electron chi connectivity index (χ4n) is 2.01. The maximum absolute atomic E-state index is 11.9. The number of benzene rings is 1. The van der Waals surface area contributed by atoms with E-state index in [-0.39, 0.29) is 22.5 Å². The van der Waals surface area contributed by atoms with Crippen molar-refractivity contribution in [2.75, 3.05) is 7.11 Å². The summed E-state index contributed by atoms with van der Waals surface area (Å²) in [6.07, 6.45) is 1.32. The van der Waals surface area contributed by atoms with Crippen molar-refractivity contribution < 1.29 is 19.1 Å². The van der Waals surface area contributed by atoms with Crippen LogP contribution in [0.2, 0.25) is 0 Å². The summed E-state index contributed by atoms with van der Waals surface area (Å²) in [5, 5.41) is 3.83. The number of aromatic nitrogens is 2. The van der Waals surface area contributed by atoms with Gasteiger partial charge in [0.25, 0.3) is 5.56 Å². The number of rotatable bonds is 6. The van der Waals surface area contributed by atoms with Gasteiger partial charge in [0.15, 0.2) is 16.3 Å². The summed E-state index contributed by atoms with van der Waals surface area (Å²) in [6, 6.07) is 6.05. The molecule has 9 nitrogen and oxygen atoms in total. The van der Waals surface area contributed by atoms with Crippen LogP contribution in [-0.4, -0.2) is 35.2 Å². The number of nitrogens with one attached hydrogen (secondary N) is 3. The Hall–Kier alpha value is -3.27. The van der Waals surface area contributed by atoms with E-state index in [2.05, 4.69) is 20.5 Å². The second-order valence-corrected chi connectivity index (χ2v) is 5.50. The van der Waals surface area contributed by atoms with Crippen molar-refractivity contribution in [2.24, 2.45) is 5.10 Å². The van der Waals surface area contributed by atoms with E-state index >= 15 is 0 Å². The largest absolute Gasteiger partial charge is 0.493 e. The smallest absolute Gasteiger partial charge is 0.308 e. The van der Waals surface area contributed by atoms with Crippen LogP contribution in [0.3, 0.4) is 0 Å². The van der Waals surface area contributed by atoms with Crippen LogP contribution in [0.1, 0.15) is 18.2 Å². The first-order chi connectivity index (χ1) is 12.4. The Balaban J connectivity index is 2.01. The third-order valence-corrected chi connectivity index (χ3v) is 3.22. The van der Waals surface area contributed by atoms with E-state index in [1.54, 1.807) is 18.2 Å². The van der Waals surface area contributed by atoms with E-state index in [4.69, 9.17) is 21.7 Å². The summed E-state index contributed by atoms with van der Waals surface area (Å²) in [6.45, 7) is 1.29. The number of amides is 1. The molecule has 0 fully saturated rings. The van der Waals surface area contributed by atoms with Gasteiger partial charge < -0.3 is 14.5 Å². The van der Waals surface area contributed by atoms with Crippen LogP contribution in [0.15, 0.2) is 34.2 Å². The van der Waals surface area contributed by atoms with Gasteiger partial charge in [-0.1, -0.05) is 0 Å². The Kier molecular flexibility index (Phi) is 6.39. The number of nitrogens with zero attached hydrogens (tertiary/aromatic N) is 1.